The van der Waals surface area contributed by atoms with E-state index in [1.165, 1.54) is 6.07 Å². The number of anilines is 2. The molecule has 2 aliphatic rings. The van der Waals surface area contributed by atoms with Crippen LogP contribution in [0.15, 0.2) is 87.9 Å². The zero-order chi connectivity index (χ0) is 25.4. The Balaban J connectivity index is 1.38. The number of hydrogen-bond acceptors (Lipinski definition) is 5. The highest BCUT2D eigenvalue weighted by atomic mass is 79.9. The minimum atomic E-state index is -0.354. The lowest BCUT2D eigenvalue weighted by atomic mass is 10.0. The number of morpholine rings is 1. The van der Waals surface area contributed by atoms with Crippen LogP contribution in [0.4, 0.5) is 15.8 Å². The summed E-state index contributed by atoms with van der Waals surface area (Å²) in [5.41, 5.74) is 3.33. The Morgan fingerprint density at radius 3 is 2.49 bits per heavy atom. The molecule has 2 aliphatic heterocycles. The number of halogens is 2. The van der Waals surface area contributed by atoms with E-state index in [0.717, 1.165) is 43.4 Å². The second-order valence-electron chi connectivity index (χ2n) is 8.94. The summed E-state index contributed by atoms with van der Waals surface area (Å²) < 4.78 is 27.2. The Kier molecular flexibility index (Phi) is 6.67. The van der Waals surface area contributed by atoms with Crippen LogP contribution in [0.3, 0.4) is 0 Å². The summed E-state index contributed by atoms with van der Waals surface area (Å²) in [5.74, 6) is 0.768. The average molecular weight is 579 g/mol. The fourth-order valence-corrected chi connectivity index (χ4v) is 5.59. The van der Waals surface area contributed by atoms with Crippen molar-refractivity contribution >= 4 is 44.6 Å². The number of thiocarbonyl (C=S) groups is 1. The minimum absolute atomic E-state index is 0.249. The van der Waals surface area contributed by atoms with Gasteiger partial charge in [0.15, 0.2) is 5.11 Å². The fourth-order valence-electron chi connectivity index (χ4n) is 4.91. The SMILES string of the molecule is Fc1cc(Br)ccc1-c1ccc([C@H]2[C@H](c3ccccn3)NC(=S)N2c2ccc(N3CCOCC3)cc2)o1. The molecule has 9 heteroatoms. The molecule has 2 saturated heterocycles. The van der Waals surface area contributed by atoms with E-state index in [1.54, 1.807) is 24.4 Å². The number of benzene rings is 2. The first-order chi connectivity index (χ1) is 18.1. The third kappa shape index (κ3) is 4.74. The third-order valence-electron chi connectivity index (χ3n) is 6.72. The van der Waals surface area contributed by atoms with Crippen LogP contribution in [0.25, 0.3) is 11.3 Å². The van der Waals surface area contributed by atoms with Crippen LogP contribution in [-0.4, -0.2) is 36.4 Å². The Labute approximate surface area is 228 Å². The van der Waals surface area contributed by atoms with Crippen molar-refractivity contribution in [2.24, 2.45) is 0 Å². The van der Waals surface area contributed by atoms with Crippen LogP contribution in [-0.2, 0) is 4.74 Å². The third-order valence-corrected chi connectivity index (χ3v) is 7.52. The van der Waals surface area contributed by atoms with Crippen molar-refractivity contribution in [3.8, 4) is 11.3 Å². The lowest BCUT2D eigenvalue weighted by Gasteiger charge is -2.30. The molecule has 0 unspecified atom stereocenters. The molecule has 37 heavy (non-hydrogen) atoms. The molecule has 2 fully saturated rings. The van der Waals surface area contributed by atoms with Crippen LogP contribution in [0.5, 0.6) is 0 Å². The molecular weight excluding hydrogens is 555 g/mol. The Bertz CT molecular complexity index is 1410. The summed E-state index contributed by atoms with van der Waals surface area (Å²) in [4.78, 5) is 8.96. The number of nitrogens with zero attached hydrogens (tertiary/aromatic N) is 3. The summed E-state index contributed by atoms with van der Waals surface area (Å²) in [6.07, 6.45) is 1.77. The molecule has 6 rings (SSSR count). The lowest BCUT2D eigenvalue weighted by Crippen LogP contribution is -2.36. The number of pyridine rings is 1. The van der Waals surface area contributed by atoms with Gasteiger partial charge in [-0.15, -0.1) is 0 Å². The van der Waals surface area contributed by atoms with Crippen molar-refractivity contribution in [1.29, 1.82) is 0 Å². The molecule has 0 bridgehead atoms. The maximum atomic E-state index is 14.7. The zero-order valence-corrected chi connectivity index (χ0v) is 22.2. The van der Waals surface area contributed by atoms with Crippen LogP contribution in [0.1, 0.15) is 23.5 Å². The van der Waals surface area contributed by atoms with Gasteiger partial charge in [0.1, 0.15) is 23.4 Å². The molecule has 4 aromatic rings. The van der Waals surface area contributed by atoms with Crippen molar-refractivity contribution in [1.82, 2.24) is 10.3 Å². The molecule has 188 valence electrons. The summed E-state index contributed by atoms with van der Waals surface area (Å²) in [6.45, 7) is 3.20. The van der Waals surface area contributed by atoms with Gasteiger partial charge in [-0.3, -0.25) is 4.98 Å². The lowest BCUT2D eigenvalue weighted by molar-refractivity contribution is 0.122. The molecule has 2 aromatic heterocycles. The van der Waals surface area contributed by atoms with Crippen LogP contribution >= 0.6 is 28.1 Å². The van der Waals surface area contributed by atoms with Crippen molar-refractivity contribution in [2.75, 3.05) is 36.1 Å². The molecule has 2 atom stereocenters. The highest BCUT2D eigenvalue weighted by molar-refractivity contribution is 9.10. The van der Waals surface area contributed by atoms with Crippen LogP contribution in [0, 0.1) is 5.82 Å². The number of rotatable bonds is 5. The number of furan rings is 1. The number of hydrogen-bond donors (Lipinski definition) is 1. The molecule has 0 amide bonds. The molecular formula is C28H24BrFN4O2S. The maximum absolute atomic E-state index is 14.7. The van der Waals surface area contributed by atoms with Crippen molar-refractivity contribution < 1.29 is 13.5 Å². The van der Waals surface area contributed by atoms with E-state index in [4.69, 9.17) is 21.4 Å². The Hall–Kier alpha value is -3.27. The first-order valence-electron chi connectivity index (χ1n) is 12.1. The standard InChI is InChI=1S/C28H24BrFN4O2S/c29-18-4-9-21(22(30)17-18)24-10-11-25(36-24)27-26(23-3-1-2-12-31-23)32-28(37)34(27)20-7-5-19(6-8-20)33-13-15-35-16-14-33/h1-12,17,26-27H,13-16H2,(H,32,37)/t26-,27-/m0/s1. The first-order valence-corrected chi connectivity index (χ1v) is 13.3. The van der Waals surface area contributed by atoms with Crippen LogP contribution in [0.2, 0.25) is 0 Å². The first kappa shape index (κ1) is 24.1. The quantitative estimate of drug-likeness (QED) is 0.280. The van der Waals surface area contributed by atoms with E-state index >= 15 is 0 Å². The molecule has 0 saturated carbocycles. The van der Waals surface area contributed by atoms with Gasteiger partial charge in [-0.25, -0.2) is 4.39 Å². The van der Waals surface area contributed by atoms with E-state index in [9.17, 15) is 4.39 Å². The number of ether oxygens (including phenoxy) is 1. The van der Waals surface area contributed by atoms with Gasteiger partial charge in [0.05, 0.1) is 30.5 Å². The van der Waals surface area contributed by atoms with E-state index in [2.05, 4.69) is 60.3 Å². The summed E-state index contributed by atoms with van der Waals surface area (Å²) in [5, 5.41) is 4.02. The van der Waals surface area contributed by atoms with E-state index in [-0.39, 0.29) is 17.9 Å². The largest absolute Gasteiger partial charge is 0.459 e. The zero-order valence-electron chi connectivity index (χ0n) is 19.8. The van der Waals surface area contributed by atoms with Gasteiger partial charge in [0.25, 0.3) is 0 Å². The molecule has 1 N–H and O–H groups in total. The Morgan fingerprint density at radius 1 is 0.973 bits per heavy atom. The molecule has 0 radical (unpaired) electrons. The second kappa shape index (κ2) is 10.2. The molecule has 0 aliphatic carbocycles. The van der Waals surface area contributed by atoms with Crippen molar-refractivity contribution in [2.45, 2.75) is 12.1 Å². The molecule has 2 aromatic carbocycles. The van der Waals surface area contributed by atoms with E-state index in [0.29, 0.717) is 26.7 Å². The fraction of sp³-hybridized carbons (Fsp3) is 0.214. The van der Waals surface area contributed by atoms with Gasteiger partial charge < -0.3 is 24.3 Å². The van der Waals surface area contributed by atoms with Gasteiger partial charge >= 0.3 is 0 Å². The van der Waals surface area contributed by atoms with Crippen molar-refractivity contribution in [3.63, 3.8) is 0 Å². The number of nitrogens with one attached hydrogen (secondary N) is 1. The molecule has 6 nitrogen and oxygen atoms in total. The second-order valence-corrected chi connectivity index (χ2v) is 10.2. The average Bonchev–Trinajstić information content (AvgIpc) is 3.54. The summed E-state index contributed by atoms with van der Waals surface area (Å²) >= 11 is 9.14. The van der Waals surface area contributed by atoms with Gasteiger partial charge in [-0.2, -0.15) is 0 Å². The maximum Gasteiger partial charge on any atom is 0.174 e. The predicted molar refractivity (Wildman–Crippen MR) is 149 cm³/mol. The van der Waals surface area contributed by atoms with Crippen molar-refractivity contribution in [3.05, 3.63) is 101 Å². The molecule has 4 heterocycles. The van der Waals surface area contributed by atoms with Gasteiger partial charge in [-0.1, -0.05) is 22.0 Å². The Morgan fingerprint density at radius 2 is 1.76 bits per heavy atom. The molecule has 0 spiro atoms. The van der Waals surface area contributed by atoms with Gasteiger partial charge in [0.2, 0.25) is 0 Å². The highest BCUT2D eigenvalue weighted by Gasteiger charge is 2.42. The topological polar surface area (TPSA) is 53.8 Å². The predicted octanol–water partition coefficient (Wildman–Crippen LogP) is 6.26. The van der Waals surface area contributed by atoms with E-state index in [1.807, 2.05) is 24.3 Å². The normalized spacial score (nSPS) is 19.8. The van der Waals surface area contributed by atoms with Gasteiger partial charge in [-0.05, 0) is 78.9 Å². The smallest absolute Gasteiger partial charge is 0.174 e. The minimum Gasteiger partial charge on any atom is -0.459 e. The highest BCUT2D eigenvalue weighted by Crippen LogP contribution is 2.43. The van der Waals surface area contributed by atoms with E-state index < -0.39 is 0 Å². The van der Waals surface area contributed by atoms with Gasteiger partial charge in [0, 0.05) is 35.1 Å². The number of aromatic nitrogens is 1. The monoisotopic (exact) mass is 578 g/mol. The van der Waals surface area contributed by atoms with Crippen LogP contribution < -0.4 is 15.1 Å². The summed E-state index contributed by atoms with van der Waals surface area (Å²) in [6, 6.07) is 22.2. The summed E-state index contributed by atoms with van der Waals surface area (Å²) in [7, 11) is 0.